The Morgan fingerprint density at radius 1 is 1.50 bits per heavy atom. The van der Waals surface area contributed by atoms with Crippen molar-refractivity contribution in [3.63, 3.8) is 0 Å². The molecule has 10 heavy (non-hydrogen) atoms. The van der Waals surface area contributed by atoms with Crippen molar-refractivity contribution < 1.29 is 5.11 Å². The quantitative estimate of drug-likeness (QED) is 0.594. The van der Waals surface area contributed by atoms with Crippen LogP contribution in [0.3, 0.4) is 0 Å². The lowest BCUT2D eigenvalue weighted by atomic mass is 10.1. The lowest BCUT2D eigenvalue weighted by Crippen LogP contribution is -1.82. The summed E-state index contributed by atoms with van der Waals surface area (Å²) < 4.78 is 0. The highest BCUT2D eigenvalue weighted by molar-refractivity contribution is 7.79. The molecule has 0 atom stereocenters. The maximum absolute atomic E-state index is 9.03. The van der Waals surface area contributed by atoms with Crippen LogP contribution in [0.25, 0.3) is 0 Å². The molecule has 0 aliphatic heterocycles. The first-order valence-electron chi connectivity index (χ1n) is 3.13. The van der Waals surface area contributed by atoms with E-state index in [1.54, 1.807) is 12.1 Å². The first kappa shape index (κ1) is 7.48. The summed E-state index contributed by atoms with van der Waals surface area (Å²) in [7, 11) is 0. The molecular formula is C8H10OS. The van der Waals surface area contributed by atoms with Crippen molar-refractivity contribution in [3.05, 3.63) is 29.3 Å². The molecule has 0 heterocycles. The molecule has 0 aromatic heterocycles. The Labute approximate surface area is 66.1 Å². The Hall–Kier alpha value is -0.630. The zero-order chi connectivity index (χ0) is 7.56. The molecule has 0 aliphatic rings. The van der Waals surface area contributed by atoms with E-state index in [0.29, 0.717) is 11.5 Å². The van der Waals surface area contributed by atoms with E-state index in [2.05, 4.69) is 12.6 Å². The van der Waals surface area contributed by atoms with Crippen molar-refractivity contribution in [1.29, 1.82) is 0 Å². The smallest absolute Gasteiger partial charge is 0.115 e. The van der Waals surface area contributed by atoms with Crippen molar-refractivity contribution in [2.45, 2.75) is 12.7 Å². The fourth-order valence-corrected chi connectivity index (χ4v) is 1.17. The van der Waals surface area contributed by atoms with Gasteiger partial charge in [-0.1, -0.05) is 6.07 Å². The van der Waals surface area contributed by atoms with Gasteiger partial charge in [-0.05, 0) is 30.2 Å². The van der Waals surface area contributed by atoms with Gasteiger partial charge in [-0.3, -0.25) is 0 Å². The highest BCUT2D eigenvalue weighted by Crippen LogP contribution is 2.16. The molecule has 1 rings (SSSR count). The SMILES string of the molecule is Cc1ccc(O)cc1CS. The number of rotatable bonds is 1. The fourth-order valence-electron chi connectivity index (χ4n) is 0.828. The molecule has 1 aromatic carbocycles. The zero-order valence-corrected chi connectivity index (χ0v) is 6.73. The lowest BCUT2D eigenvalue weighted by molar-refractivity contribution is 0.474. The second kappa shape index (κ2) is 2.97. The Morgan fingerprint density at radius 2 is 2.20 bits per heavy atom. The van der Waals surface area contributed by atoms with Gasteiger partial charge in [-0.2, -0.15) is 12.6 Å². The van der Waals surface area contributed by atoms with Crippen molar-refractivity contribution in [2.24, 2.45) is 0 Å². The van der Waals surface area contributed by atoms with Crippen molar-refractivity contribution in [3.8, 4) is 5.75 Å². The molecule has 1 aromatic rings. The Kier molecular flexibility index (Phi) is 2.22. The van der Waals surface area contributed by atoms with Crippen LogP contribution in [0, 0.1) is 6.92 Å². The molecule has 0 bridgehead atoms. The predicted octanol–water partition coefficient (Wildman–Crippen LogP) is 2.13. The van der Waals surface area contributed by atoms with Gasteiger partial charge >= 0.3 is 0 Å². The van der Waals surface area contributed by atoms with Gasteiger partial charge in [0.25, 0.3) is 0 Å². The van der Waals surface area contributed by atoms with Gasteiger partial charge in [-0.15, -0.1) is 0 Å². The summed E-state index contributed by atoms with van der Waals surface area (Å²) in [6.45, 7) is 2.00. The third-order valence-electron chi connectivity index (χ3n) is 1.50. The van der Waals surface area contributed by atoms with E-state index in [9.17, 15) is 0 Å². The molecule has 0 fully saturated rings. The number of aromatic hydroxyl groups is 1. The predicted molar refractivity (Wildman–Crippen MR) is 45.5 cm³/mol. The minimum atomic E-state index is 0.314. The molecule has 0 saturated carbocycles. The molecule has 1 N–H and O–H groups in total. The number of benzene rings is 1. The summed E-state index contributed by atoms with van der Waals surface area (Å²) in [5.41, 5.74) is 2.26. The van der Waals surface area contributed by atoms with E-state index in [1.165, 1.54) is 5.56 Å². The molecule has 2 heteroatoms. The van der Waals surface area contributed by atoms with E-state index in [0.717, 1.165) is 5.56 Å². The van der Waals surface area contributed by atoms with Crippen LogP contribution in [0.5, 0.6) is 5.75 Å². The monoisotopic (exact) mass is 154 g/mol. The Balaban J connectivity index is 3.09. The Morgan fingerprint density at radius 3 is 2.70 bits per heavy atom. The summed E-state index contributed by atoms with van der Waals surface area (Å²) in [6.07, 6.45) is 0. The fraction of sp³-hybridized carbons (Fsp3) is 0.250. The second-order valence-corrected chi connectivity index (χ2v) is 2.59. The van der Waals surface area contributed by atoms with Gasteiger partial charge in [0.1, 0.15) is 5.75 Å². The summed E-state index contributed by atoms with van der Waals surface area (Å²) in [5, 5.41) is 9.03. The Bertz CT molecular complexity index is 233. The van der Waals surface area contributed by atoms with Crippen LogP contribution in [0.15, 0.2) is 18.2 Å². The topological polar surface area (TPSA) is 20.2 Å². The third kappa shape index (κ3) is 1.45. The van der Waals surface area contributed by atoms with Gasteiger partial charge in [0.2, 0.25) is 0 Å². The normalized spacial score (nSPS) is 9.80. The van der Waals surface area contributed by atoms with Crippen LogP contribution in [-0.4, -0.2) is 5.11 Å². The molecular weight excluding hydrogens is 144 g/mol. The van der Waals surface area contributed by atoms with Gasteiger partial charge in [0, 0.05) is 5.75 Å². The van der Waals surface area contributed by atoms with E-state index in [1.807, 2.05) is 13.0 Å². The highest BCUT2D eigenvalue weighted by atomic mass is 32.1. The van der Waals surface area contributed by atoms with Crippen LogP contribution in [-0.2, 0) is 5.75 Å². The van der Waals surface area contributed by atoms with Gasteiger partial charge in [0.05, 0.1) is 0 Å². The molecule has 0 radical (unpaired) electrons. The molecule has 0 spiro atoms. The summed E-state index contributed by atoms with van der Waals surface area (Å²) in [6, 6.07) is 5.31. The maximum atomic E-state index is 9.03. The van der Waals surface area contributed by atoms with Crippen molar-refractivity contribution in [2.75, 3.05) is 0 Å². The molecule has 0 unspecified atom stereocenters. The summed E-state index contributed by atoms with van der Waals surface area (Å²) >= 11 is 4.12. The van der Waals surface area contributed by atoms with E-state index >= 15 is 0 Å². The zero-order valence-electron chi connectivity index (χ0n) is 5.83. The molecule has 1 nitrogen and oxygen atoms in total. The van der Waals surface area contributed by atoms with Gasteiger partial charge in [-0.25, -0.2) is 0 Å². The highest BCUT2D eigenvalue weighted by Gasteiger charge is 1.95. The summed E-state index contributed by atoms with van der Waals surface area (Å²) in [4.78, 5) is 0. The molecule has 54 valence electrons. The van der Waals surface area contributed by atoms with Gasteiger partial charge in [0.15, 0.2) is 0 Å². The van der Waals surface area contributed by atoms with E-state index < -0.39 is 0 Å². The van der Waals surface area contributed by atoms with Crippen LogP contribution >= 0.6 is 12.6 Å². The second-order valence-electron chi connectivity index (χ2n) is 2.27. The largest absolute Gasteiger partial charge is 0.508 e. The van der Waals surface area contributed by atoms with Gasteiger partial charge < -0.3 is 5.11 Å². The van der Waals surface area contributed by atoms with Crippen LogP contribution in [0.4, 0.5) is 0 Å². The average molecular weight is 154 g/mol. The van der Waals surface area contributed by atoms with Crippen molar-refractivity contribution >= 4 is 12.6 Å². The minimum Gasteiger partial charge on any atom is -0.508 e. The lowest BCUT2D eigenvalue weighted by Gasteiger charge is -2.00. The maximum Gasteiger partial charge on any atom is 0.115 e. The minimum absolute atomic E-state index is 0.314. The molecule has 0 aliphatic carbocycles. The number of hydrogen-bond donors (Lipinski definition) is 2. The number of hydrogen-bond acceptors (Lipinski definition) is 2. The first-order valence-corrected chi connectivity index (χ1v) is 3.76. The van der Waals surface area contributed by atoms with Crippen LogP contribution < -0.4 is 0 Å². The molecule has 0 amide bonds. The van der Waals surface area contributed by atoms with E-state index in [4.69, 9.17) is 5.11 Å². The summed E-state index contributed by atoms with van der Waals surface area (Å²) in [5.74, 6) is 0.995. The average Bonchev–Trinajstić information content (AvgIpc) is 1.94. The first-order chi connectivity index (χ1) is 4.74. The number of phenols is 1. The third-order valence-corrected chi connectivity index (χ3v) is 1.84. The number of aryl methyl sites for hydroxylation is 1. The van der Waals surface area contributed by atoms with Crippen LogP contribution in [0.1, 0.15) is 11.1 Å². The van der Waals surface area contributed by atoms with Crippen molar-refractivity contribution in [1.82, 2.24) is 0 Å². The molecule has 0 saturated heterocycles. The number of phenolic OH excluding ortho intramolecular Hbond substituents is 1. The van der Waals surface area contributed by atoms with E-state index in [-0.39, 0.29) is 0 Å². The standard InChI is InChI=1S/C8H10OS/c1-6-2-3-8(9)4-7(6)5-10/h2-4,9-10H,5H2,1H3. The van der Waals surface area contributed by atoms with Crippen LogP contribution in [0.2, 0.25) is 0 Å². The number of thiol groups is 1.